The van der Waals surface area contributed by atoms with Crippen LogP contribution in [0, 0.1) is 5.92 Å². The van der Waals surface area contributed by atoms with Crippen LogP contribution in [0.4, 0.5) is 5.69 Å². The molecule has 0 atom stereocenters. The number of carbonyl (C=O) groups is 2. The molecule has 144 valence electrons. The topological polar surface area (TPSA) is 89.8 Å². The number of anilines is 1. The minimum Gasteiger partial charge on any atom is -0.326 e. The fourth-order valence-electron chi connectivity index (χ4n) is 2.57. The lowest BCUT2D eigenvalue weighted by atomic mass is 10.1. The van der Waals surface area contributed by atoms with Crippen molar-refractivity contribution in [3.63, 3.8) is 0 Å². The fraction of sp³-hybridized carbons (Fsp3) is 0.250. The first-order chi connectivity index (χ1) is 13.4. The van der Waals surface area contributed by atoms with E-state index in [0.717, 1.165) is 5.56 Å². The Hall–Kier alpha value is -3.06. The van der Waals surface area contributed by atoms with Crippen molar-refractivity contribution in [3.05, 3.63) is 59.1 Å². The van der Waals surface area contributed by atoms with Crippen LogP contribution in [-0.2, 0) is 11.3 Å². The number of aromatic nitrogens is 4. The first kappa shape index (κ1) is 19.7. The Morgan fingerprint density at radius 3 is 2.39 bits per heavy atom. The number of tetrazole rings is 1. The molecule has 0 aliphatic rings. The number of nitrogens with zero attached hydrogens (tertiary/aromatic N) is 4. The average molecular weight is 398 g/mol. The molecular formula is C20H20ClN5O2. The molecule has 3 rings (SSSR count). The smallest absolute Gasteiger partial charge is 0.224 e. The lowest BCUT2D eigenvalue weighted by Gasteiger charge is -2.07. The van der Waals surface area contributed by atoms with Crippen LogP contribution in [0.3, 0.4) is 0 Å². The van der Waals surface area contributed by atoms with Crippen molar-refractivity contribution >= 4 is 29.0 Å². The fourth-order valence-corrected chi connectivity index (χ4v) is 2.69. The van der Waals surface area contributed by atoms with Crippen LogP contribution in [0.2, 0.25) is 5.02 Å². The molecule has 1 aromatic heterocycles. The highest BCUT2D eigenvalue weighted by Gasteiger charge is 2.12. The summed E-state index contributed by atoms with van der Waals surface area (Å²) in [5, 5.41) is 15.6. The van der Waals surface area contributed by atoms with Crippen molar-refractivity contribution in [2.75, 3.05) is 5.32 Å². The van der Waals surface area contributed by atoms with Crippen LogP contribution in [0.1, 0.15) is 30.6 Å². The van der Waals surface area contributed by atoms with Gasteiger partial charge in [-0.15, -0.1) is 10.2 Å². The molecule has 0 spiro atoms. The van der Waals surface area contributed by atoms with E-state index >= 15 is 0 Å². The molecule has 0 aliphatic carbocycles. The number of rotatable bonds is 7. The van der Waals surface area contributed by atoms with E-state index in [1.54, 1.807) is 48.5 Å². The van der Waals surface area contributed by atoms with E-state index in [4.69, 9.17) is 11.6 Å². The SMILES string of the molecule is CC(C)CC(=O)Nc1ccc(C(=O)Cn2nnc(-c3ccc(Cl)cc3)n2)cc1. The van der Waals surface area contributed by atoms with E-state index in [1.165, 1.54) is 4.80 Å². The summed E-state index contributed by atoms with van der Waals surface area (Å²) in [5.74, 6) is 0.511. The van der Waals surface area contributed by atoms with Crippen LogP contribution < -0.4 is 5.32 Å². The van der Waals surface area contributed by atoms with Gasteiger partial charge in [0.1, 0.15) is 6.54 Å². The standard InChI is InChI=1S/C20H20ClN5O2/c1-13(2)11-19(28)22-17-9-5-14(6-10-17)18(27)12-26-24-20(23-25-26)15-3-7-16(21)8-4-15/h3-10,13H,11-12H2,1-2H3,(H,22,28). The maximum Gasteiger partial charge on any atom is 0.224 e. The van der Waals surface area contributed by atoms with Crippen LogP contribution in [0.15, 0.2) is 48.5 Å². The average Bonchev–Trinajstić information content (AvgIpc) is 3.10. The van der Waals surface area contributed by atoms with Gasteiger partial charge in [0.05, 0.1) is 0 Å². The number of carbonyl (C=O) groups excluding carboxylic acids is 2. The summed E-state index contributed by atoms with van der Waals surface area (Å²) < 4.78 is 0. The van der Waals surface area contributed by atoms with Crippen LogP contribution in [0.5, 0.6) is 0 Å². The van der Waals surface area contributed by atoms with Gasteiger partial charge in [-0.25, -0.2) is 0 Å². The van der Waals surface area contributed by atoms with Gasteiger partial charge in [-0.2, -0.15) is 4.80 Å². The number of ketones is 1. The molecule has 0 unspecified atom stereocenters. The molecule has 8 heteroatoms. The molecule has 1 N–H and O–H groups in total. The Kier molecular flexibility index (Phi) is 6.16. The monoisotopic (exact) mass is 397 g/mol. The molecule has 0 saturated carbocycles. The van der Waals surface area contributed by atoms with Gasteiger partial charge in [-0.3, -0.25) is 9.59 Å². The number of hydrogen-bond acceptors (Lipinski definition) is 5. The van der Waals surface area contributed by atoms with Crippen LogP contribution >= 0.6 is 11.6 Å². The predicted molar refractivity (Wildman–Crippen MR) is 107 cm³/mol. The third kappa shape index (κ3) is 5.23. The summed E-state index contributed by atoms with van der Waals surface area (Å²) in [6.45, 7) is 3.94. The van der Waals surface area contributed by atoms with Gasteiger partial charge in [0.15, 0.2) is 5.78 Å². The number of Topliss-reactive ketones (excluding diaryl/α,β-unsaturated/α-hetero) is 1. The Labute approximate surface area is 167 Å². The number of nitrogens with one attached hydrogen (secondary N) is 1. The van der Waals surface area contributed by atoms with Gasteiger partial charge in [0.25, 0.3) is 0 Å². The first-order valence-electron chi connectivity index (χ1n) is 8.87. The highest BCUT2D eigenvalue weighted by Crippen LogP contribution is 2.17. The summed E-state index contributed by atoms with van der Waals surface area (Å²) in [7, 11) is 0. The molecule has 0 aliphatic heterocycles. The van der Waals surface area contributed by atoms with Gasteiger partial charge in [-0.05, 0) is 59.7 Å². The summed E-state index contributed by atoms with van der Waals surface area (Å²) in [4.78, 5) is 25.5. The van der Waals surface area contributed by atoms with Gasteiger partial charge in [0.2, 0.25) is 11.7 Å². The third-order valence-corrected chi connectivity index (χ3v) is 4.18. The molecule has 7 nitrogen and oxygen atoms in total. The highest BCUT2D eigenvalue weighted by molar-refractivity contribution is 6.30. The number of halogens is 1. The first-order valence-corrected chi connectivity index (χ1v) is 9.25. The molecular weight excluding hydrogens is 378 g/mol. The molecule has 2 aromatic carbocycles. The van der Waals surface area contributed by atoms with Gasteiger partial charge < -0.3 is 5.32 Å². The van der Waals surface area contributed by atoms with Crippen molar-refractivity contribution < 1.29 is 9.59 Å². The Morgan fingerprint density at radius 2 is 1.75 bits per heavy atom. The van der Waals surface area contributed by atoms with E-state index in [1.807, 2.05) is 13.8 Å². The second kappa shape index (κ2) is 8.75. The lowest BCUT2D eigenvalue weighted by Crippen LogP contribution is -2.15. The highest BCUT2D eigenvalue weighted by atomic mass is 35.5. The quantitative estimate of drug-likeness (QED) is 0.611. The van der Waals surface area contributed by atoms with E-state index in [9.17, 15) is 9.59 Å². The molecule has 28 heavy (non-hydrogen) atoms. The van der Waals surface area contributed by atoms with Crippen molar-refractivity contribution in [1.29, 1.82) is 0 Å². The Balaban J connectivity index is 1.62. The van der Waals surface area contributed by atoms with E-state index in [2.05, 4.69) is 20.7 Å². The van der Waals surface area contributed by atoms with Crippen LogP contribution in [0.25, 0.3) is 11.4 Å². The zero-order valence-corrected chi connectivity index (χ0v) is 16.3. The summed E-state index contributed by atoms with van der Waals surface area (Å²) >= 11 is 5.87. The maximum absolute atomic E-state index is 12.5. The molecule has 3 aromatic rings. The van der Waals surface area contributed by atoms with Crippen LogP contribution in [-0.4, -0.2) is 31.9 Å². The third-order valence-electron chi connectivity index (χ3n) is 3.92. The normalized spacial score (nSPS) is 10.9. The van der Waals surface area contributed by atoms with E-state index in [0.29, 0.717) is 28.5 Å². The van der Waals surface area contributed by atoms with Crippen molar-refractivity contribution in [2.45, 2.75) is 26.8 Å². The lowest BCUT2D eigenvalue weighted by molar-refractivity contribution is -0.116. The predicted octanol–water partition coefficient (Wildman–Crippen LogP) is 3.86. The van der Waals surface area contributed by atoms with Crippen molar-refractivity contribution in [1.82, 2.24) is 20.2 Å². The molecule has 0 bridgehead atoms. The second-order valence-electron chi connectivity index (χ2n) is 6.80. The van der Waals surface area contributed by atoms with Gasteiger partial charge >= 0.3 is 0 Å². The minimum atomic E-state index is -0.153. The van der Waals surface area contributed by atoms with Crippen molar-refractivity contribution in [3.8, 4) is 11.4 Å². The molecule has 1 amide bonds. The number of benzene rings is 2. The number of amides is 1. The maximum atomic E-state index is 12.5. The zero-order valence-electron chi connectivity index (χ0n) is 15.6. The van der Waals surface area contributed by atoms with Crippen molar-refractivity contribution in [2.24, 2.45) is 5.92 Å². The second-order valence-corrected chi connectivity index (χ2v) is 7.23. The summed E-state index contributed by atoms with van der Waals surface area (Å²) in [6.07, 6.45) is 0.453. The molecule has 1 heterocycles. The largest absolute Gasteiger partial charge is 0.326 e. The van der Waals surface area contributed by atoms with E-state index < -0.39 is 0 Å². The Morgan fingerprint density at radius 1 is 1.07 bits per heavy atom. The van der Waals surface area contributed by atoms with E-state index in [-0.39, 0.29) is 24.2 Å². The molecule has 0 fully saturated rings. The summed E-state index contributed by atoms with van der Waals surface area (Å²) in [6, 6.07) is 13.8. The zero-order chi connectivity index (χ0) is 20.1. The summed E-state index contributed by atoms with van der Waals surface area (Å²) in [5.41, 5.74) is 1.93. The van der Waals surface area contributed by atoms with Gasteiger partial charge in [0, 0.05) is 28.3 Å². The molecule has 0 radical (unpaired) electrons. The Bertz CT molecular complexity index is 965. The minimum absolute atomic E-state index is 0.0281. The van der Waals surface area contributed by atoms with Gasteiger partial charge in [-0.1, -0.05) is 25.4 Å². The molecule has 0 saturated heterocycles. The number of hydrogen-bond donors (Lipinski definition) is 1.